The van der Waals surface area contributed by atoms with Gasteiger partial charge in [-0.1, -0.05) is 42.5 Å². The predicted molar refractivity (Wildman–Crippen MR) is 128 cm³/mol. The van der Waals surface area contributed by atoms with E-state index >= 15 is 0 Å². The predicted octanol–water partition coefficient (Wildman–Crippen LogP) is 2.71. The Balaban J connectivity index is 2.06. The van der Waals surface area contributed by atoms with E-state index in [1.807, 2.05) is 0 Å². The van der Waals surface area contributed by atoms with Gasteiger partial charge in [0.25, 0.3) is 5.91 Å². The van der Waals surface area contributed by atoms with Crippen LogP contribution >= 0.6 is 0 Å². The van der Waals surface area contributed by atoms with Crippen LogP contribution in [0.3, 0.4) is 0 Å². The number of amides is 2. The van der Waals surface area contributed by atoms with Gasteiger partial charge in [0.1, 0.15) is 10.7 Å². The topological polar surface area (TPSA) is 158 Å². The molecular formula is C24H23FN4O4S. The van der Waals surface area contributed by atoms with Crippen molar-refractivity contribution in [2.24, 2.45) is 10.9 Å². The van der Waals surface area contributed by atoms with E-state index in [2.05, 4.69) is 5.32 Å². The lowest BCUT2D eigenvalue weighted by Gasteiger charge is -2.16. The zero-order valence-corrected chi connectivity index (χ0v) is 19.0. The highest BCUT2D eigenvalue weighted by molar-refractivity contribution is 7.89. The summed E-state index contributed by atoms with van der Waals surface area (Å²) in [6.45, 7) is 1.71. The molecule has 0 radical (unpaired) electrons. The fourth-order valence-corrected chi connectivity index (χ4v) is 4.44. The third kappa shape index (κ3) is 5.48. The second-order valence-electron chi connectivity index (χ2n) is 7.52. The summed E-state index contributed by atoms with van der Waals surface area (Å²) < 4.78 is 37.9. The second kappa shape index (κ2) is 9.86. The average molecular weight is 483 g/mol. The Hall–Kier alpha value is -4.02. The molecule has 0 bridgehead atoms. The normalized spacial score (nSPS) is 12.4. The number of nitrogens with two attached hydrogens (primary N) is 3. The standard InChI is InChI=1S/C24H23FN4O4S/c1-14(15-7-10-18(25)11-8-15)29-20(30)12-9-17-13-19(16-5-3-2-4-6-16)22(26)21(24(27)31)23(17)34(28,32)33/h2-14H,26H2,1H3,(H2,27,31)(H,29,30)(H2,28,32,33). The smallest absolute Gasteiger partial charge is 0.252 e. The number of carbonyl (C=O) groups is 2. The van der Waals surface area contributed by atoms with Crippen LogP contribution in [0.25, 0.3) is 17.2 Å². The van der Waals surface area contributed by atoms with E-state index in [-0.39, 0.29) is 11.3 Å². The molecule has 0 heterocycles. The minimum atomic E-state index is -4.45. The quantitative estimate of drug-likeness (QED) is 0.301. The fourth-order valence-electron chi connectivity index (χ4n) is 3.49. The van der Waals surface area contributed by atoms with Crippen LogP contribution in [0.1, 0.15) is 34.5 Å². The molecule has 0 saturated heterocycles. The van der Waals surface area contributed by atoms with Crippen LogP contribution in [0.15, 0.2) is 71.6 Å². The fraction of sp³-hybridized carbons (Fsp3) is 0.0833. The first kappa shape index (κ1) is 24.6. The Morgan fingerprint density at radius 1 is 1.06 bits per heavy atom. The Kier molecular flexibility index (Phi) is 7.14. The average Bonchev–Trinajstić information content (AvgIpc) is 2.77. The maximum absolute atomic E-state index is 13.1. The molecule has 1 atom stereocenters. The molecule has 0 aliphatic heterocycles. The highest BCUT2D eigenvalue weighted by Gasteiger charge is 2.26. The molecule has 2 amide bonds. The van der Waals surface area contributed by atoms with E-state index < -0.39 is 44.2 Å². The number of carbonyl (C=O) groups excluding carboxylic acids is 2. The largest absolute Gasteiger partial charge is 0.398 e. The van der Waals surface area contributed by atoms with Gasteiger partial charge < -0.3 is 16.8 Å². The minimum Gasteiger partial charge on any atom is -0.398 e. The zero-order chi connectivity index (χ0) is 25.0. The molecule has 176 valence electrons. The van der Waals surface area contributed by atoms with Gasteiger partial charge in [-0.2, -0.15) is 0 Å². The lowest BCUT2D eigenvalue weighted by atomic mass is 9.96. The number of benzene rings is 3. The summed E-state index contributed by atoms with van der Waals surface area (Å²) in [4.78, 5) is 24.1. The molecule has 0 aliphatic carbocycles. The summed E-state index contributed by atoms with van der Waals surface area (Å²) in [7, 11) is -4.45. The molecule has 3 rings (SSSR count). The van der Waals surface area contributed by atoms with Crippen molar-refractivity contribution in [3.05, 3.63) is 89.2 Å². The first-order valence-electron chi connectivity index (χ1n) is 10.1. The van der Waals surface area contributed by atoms with Crippen molar-refractivity contribution in [1.82, 2.24) is 5.32 Å². The number of sulfonamides is 1. The number of hydrogen-bond acceptors (Lipinski definition) is 5. The van der Waals surface area contributed by atoms with E-state index in [4.69, 9.17) is 16.6 Å². The number of anilines is 1. The molecule has 3 aromatic carbocycles. The van der Waals surface area contributed by atoms with E-state index in [1.54, 1.807) is 37.3 Å². The van der Waals surface area contributed by atoms with E-state index in [0.29, 0.717) is 16.7 Å². The van der Waals surface area contributed by atoms with Crippen molar-refractivity contribution in [2.75, 3.05) is 5.73 Å². The summed E-state index contributed by atoms with van der Waals surface area (Å²) in [6, 6.07) is 15.3. The van der Waals surface area contributed by atoms with Crippen LogP contribution in [0.2, 0.25) is 0 Å². The number of nitrogens with one attached hydrogen (secondary N) is 1. The van der Waals surface area contributed by atoms with E-state index in [1.165, 1.54) is 36.4 Å². The highest BCUT2D eigenvalue weighted by Crippen LogP contribution is 2.35. The molecule has 10 heteroatoms. The molecular weight excluding hydrogens is 459 g/mol. The maximum atomic E-state index is 13.1. The molecule has 0 aliphatic rings. The van der Waals surface area contributed by atoms with Gasteiger partial charge in [0.2, 0.25) is 15.9 Å². The van der Waals surface area contributed by atoms with Gasteiger partial charge in [-0.25, -0.2) is 17.9 Å². The summed E-state index contributed by atoms with van der Waals surface area (Å²) in [5.74, 6) is -2.04. The van der Waals surface area contributed by atoms with Gasteiger partial charge in [0.05, 0.1) is 17.3 Å². The maximum Gasteiger partial charge on any atom is 0.252 e. The lowest BCUT2D eigenvalue weighted by Crippen LogP contribution is -2.25. The molecule has 8 nitrogen and oxygen atoms in total. The molecule has 7 N–H and O–H groups in total. The van der Waals surface area contributed by atoms with Crippen LogP contribution in [0.5, 0.6) is 0 Å². The number of nitrogen functional groups attached to an aromatic ring is 1. The zero-order valence-electron chi connectivity index (χ0n) is 18.2. The molecule has 0 spiro atoms. The third-order valence-corrected chi connectivity index (χ3v) is 6.12. The van der Waals surface area contributed by atoms with Crippen LogP contribution in [0.4, 0.5) is 10.1 Å². The summed E-state index contributed by atoms with van der Waals surface area (Å²) in [5, 5.41) is 8.07. The molecule has 0 fully saturated rings. The first-order chi connectivity index (χ1) is 16.0. The number of rotatable bonds is 7. The van der Waals surface area contributed by atoms with Gasteiger partial charge >= 0.3 is 0 Å². The van der Waals surface area contributed by atoms with E-state index in [9.17, 15) is 22.4 Å². The minimum absolute atomic E-state index is 0.0334. The van der Waals surface area contributed by atoms with Crippen molar-refractivity contribution in [1.29, 1.82) is 0 Å². The van der Waals surface area contributed by atoms with Crippen molar-refractivity contribution in [3.63, 3.8) is 0 Å². The van der Waals surface area contributed by atoms with Crippen molar-refractivity contribution in [3.8, 4) is 11.1 Å². The van der Waals surface area contributed by atoms with Crippen molar-refractivity contribution in [2.45, 2.75) is 17.9 Å². The molecule has 0 aromatic heterocycles. The Morgan fingerprint density at radius 2 is 1.68 bits per heavy atom. The van der Waals surface area contributed by atoms with Crippen LogP contribution in [-0.4, -0.2) is 20.2 Å². The van der Waals surface area contributed by atoms with Crippen molar-refractivity contribution < 1.29 is 22.4 Å². The number of hydrogen-bond donors (Lipinski definition) is 4. The number of halogens is 1. The third-order valence-electron chi connectivity index (χ3n) is 5.11. The molecule has 1 unspecified atom stereocenters. The number of primary amides is 1. The summed E-state index contributed by atoms with van der Waals surface area (Å²) in [6.07, 6.45) is 2.31. The van der Waals surface area contributed by atoms with Crippen LogP contribution in [-0.2, 0) is 14.8 Å². The van der Waals surface area contributed by atoms with Gasteiger partial charge in [-0.3, -0.25) is 9.59 Å². The van der Waals surface area contributed by atoms with Crippen molar-refractivity contribution >= 4 is 33.6 Å². The molecule has 0 saturated carbocycles. The second-order valence-corrected chi connectivity index (χ2v) is 9.02. The molecule has 34 heavy (non-hydrogen) atoms. The monoisotopic (exact) mass is 482 g/mol. The highest BCUT2D eigenvalue weighted by atomic mass is 32.2. The van der Waals surface area contributed by atoms with Gasteiger partial charge in [-0.05, 0) is 47.9 Å². The van der Waals surface area contributed by atoms with Crippen LogP contribution in [0, 0.1) is 5.82 Å². The van der Waals surface area contributed by atoms with Gasteiger partial charge in [0.15, 0.2) is 0 Å². The van der Waals surface area contributed by atoms with Gasteiger partial charge in [-0.15, -0.1) is 0 Å². The summed E-state index contributed by atoms with van der Waals surface area (Å²) in [5.41, 5.74) is 12.6. The first-order valence-corrected chi connectivity index (χ1v) is 11.6. The van der Waals surface area contributed by atoms with E-state index in [0.717, 1.165) is 6.08 Å². The van der Waals surface area contributed by atoms with Crippen LogP contribution < -0.4 is 21.9 Å². The Morgan fingerprint density at radius 3 is 2.24 bits per heavy atom. The molecule has 3 aromatic rings. The van der Waals surface area contributed by atoms with Gasteiger partial charge in [0, 0.05) is 11.6 Å². The summed E-state index contributed by atoms with van der Waals surface area (Å²) >= 11 is 0. The number of primary sulfonamides is 1. The lowest BCUT2D eigenvalue weighted by molar-refractivity contribution is -0.117. The SMILES string of the molecule is CC(NC(=O)C=Cc1cc(-c2ccccc2)c(N)c(C(N)=O)c1S(N)(=O)=O)c1ccc(F)cc1. The Bertz CT molecular complexity index is 1370. The Labute approximate surface area is 196 Å².